The minimum atomic E-state index is -0.549. The van der Waals surface area contributed by atoms with Crippen LogP contribution in [-0.4, -0.2) is 37.9 Å². The highest BCUT2D eigenvalue weighted by Gasteiger charge is 2.17. The van der Waals surface area contributed by atoms with Crippen molar-refractivity contribution in [2.45, 2.75) is 322 Å². The number of ether oxygens (including phenoxy) is 3. The quantitative estimate of drug-likeness (QED) is 0.0345. The third-order valence-electron chi connectivity index (χ3n) is 13.5. The van der Waals surface area contributed by atoms with Crippen LogP contribution in [0, 0.1) is 0 Å². The van der Waals surface area contributed by atoms with E-state index < -0.39 is 6.10 Å². The predicted molar refractivity (Wildman–Crippen MR) is 307 cm³/mol. The molecule has 0 radical (unpaired) electrons. The van der Waals surface area contributed by atoms with Crippen LogP contribution in [0.1, 0.15) is 316 Å². The molecule has 0 heterocycles. The van der Waals surface area contributed by atoms with Gasteiger partial charge in [-0.15, -0.1) is 0 Å². The summed E-state index contributed by atoms with van der Waals surface area (Å²) < 4.78 is 17.5. The molecule has 1 unspecified atom stereocenters. The van der Waals surface area contributed by atoms with Gasteiger partial charge in [0.2, 0.25) is 0 Å². The highest BCUT2D eigenvalue weighted by Crippen LogP contribution is 2.16. The second kappa shape index (κ2) is 60.9. The van der Waals surface area contributed by atoms with Gasteiger partial charge in [-0.1, -0.05) is 274 Å². The van der Waals surface area contributed by atoms with E-state index in [0.717, 1.165) is 70.6 Å². The highest BCUT2D eigenvalue weighted by molar-refractivity contribution is 5.70. The van der Waals surface area contributed by atoms with Gasteiger partial charge in [0.25, 0.3) is 0 Å². The third kappa shape index (κ3) is 58.2. The number of unbranched alkanes of at least 4 members (excludes halogenated alkanes) is 36. The Kier molecular flexibility index (Phi) is 58.8. The number of carbonyl (C=O) groups excluding carboxylic acids is 2. The van der Waals surface area contributed by atoms with Gasteiger partial charge in [-0.2, -0.15) is 0 Å². The number of hydrogen-bond donors (Lipinski definition) is 0. The molecule has 5 nitrogen and oxygen atoms in total. The zero-order valence-corrected chi connectivity index (χ0v) is 47.0. The normalized spacial score (nSPS) is 12.6. The molecule has 0 saturated heterocycles. The summed E-state index contributed by atoms with van der Waals surface area (Å²) in [5.74, 6) is -0.403. The Morgan fingerprint density at radius 1 is 0.314 bits per heavy atom. The zero-order chi connectivity index (χ0) is 50.6. The van der Waals surface area contributed by atoms with E-state index >= 15 is 0 Å². The predicted octanol–water partition coefficient (Wildman–Crippen LogP) is 21.2. The summed E-state index contributed by atoms with van der Waals surface area (Å²) in [7, 11) is 0. The average molecular weight is 980 g/mol. The van der Waals surface area contributed by atoms with Gasteiger partial charge in [0.1, 0.15) is 6.61 Å². The molecule has 1 atom stereocenters. The van der Waals surface area contributed by atoms with Crippen LogP contribution >= 0.6 is 0 Å². The molecule has 0 aliphatic rings. The maximum absolute atomic E-state index is 12.9. The molecule has 70 heavy (non-hydrogen) atoms. The Morgan fingerprint density at radius 2 is 0.600 bits per heavy atom. The summed E-state index contributed by atoms with van der Waals surface area (Å²) in [6, 6.07) is 0. The lowest BCUT2D eigenvalue weighted by Gasteiger charge is -2.18. The van der Waals surface area contributed by atoms with Crippen LogP contribution in [0.2, 0.25) is 0 Å². The zero-order valence-electron chi connectivity index (χ0n) is 47.0. The molecule has 0 aromatic carbocycles. The van der Waals surface area contributed by atoms with E-state index in [0.29, 0.717) is 19.4 Å². The van der Waals surface area contributed by atoms with Crippen LogP contribution in [0.4, 0.5) is 0 Å². The van der Waals surface area contributed by atoms with E-state index in [9.17, 15) is 9.59 Å². The van der Waals surface area contributed by atoms with Crippen molar-refractivity contribution in [3.63, 3.8) is 0 Å². The molecule has 0 spiro atoms. The van der Waals surface area contributed by atoms with E-state index in [2.05, 4.69) is 81.5 Å². The van der Waals surface area contributed by atoms with Gasteiger partial charge in [-0.05, 0) is 89.9 Å². The molecular formula is C65H118O5. The molecular weight excluding hydrogens is 861 g/mol. The fraction of sp³-hybridized carbons (Fsp3) is 0.815. The van der Waals surface area contributed by atoms with Crippen LogP contribution in [0.3, 0.4) is 0 Å². The largest absolute Gasteiger partial charge is 0.462 e. The van der Waals surface area contributed by atoms with Crippen molar-refractivity contribution in [2.75, 3.05) is 19.8 Å². The summed E-state index contributed by atoms with van der Waals surface area (Å²) in [6.45, 7) is 7.79. The molecule has 0 fully saturated rings. The lowest BCUT2D eigenvalue weighted by atomic mass is 10.0. The highest BCUT2D eigenvalue weighted by atomic mass is 16.6. The van der Waals surface area contributed by atoms with Crippen molar-refractivity contribution in [1.29, 1.82) is 0 Å². The molecule has 0 bridgehead atoms. The third-order valence-corrected chi connectivity index (χ3v) is 13.5. The van der Waals surface area contributed by atoms with Crippen molar-refractivity contribution >= 4 is 11.9 Å². The first-order valence-corrected chi connectivity index (χ1v) is 30.8. The lowest BCUT2D eigenvalue weighted by Crippen LogP contribution is -2.30. The number of carbonyl (C=O) groups is 2. The summed E-state index contributed by atoms with van der Waals surface area (Å²) in [4.78, 5) is 25.6. The van der Waals surface area contributed by atoms with Gasteiger partial charge >= 0.3 is 11.9 Å². The summed E-state index contributed by atoms with van der Waals surface area (Å²) in [5.41, 5.74) is 0. The number of allylic oxidation sites excluding steroid dienone is 10. The Hall–Kier alpha value is -2.40. The van der Waals surface area contributed by atoms with Crippen LogP contribution < -0.4 is 0 Å². The summed E-state index contributed by atoms with van der Waals surface area (Å²) >= 11 is 0. The van der Waals surface area contributed by atoms with Crippen LogP contribution in [0.15, 0.2) is 60.8 Å². The molecule has 0 saturated carbocycles. The standard InChI is InChI=1S/C65H118O5/c1-4-7-10-13-16-19-22-25-28-30-32-34-36-39-42-45-48-51-54-57-60-68-61-63(70-65(67)59-56-53-50-47-44-41-37-27-24-21-18-15-12-9-6-3)62-69-64(66)58-55-52-49-46-43-40-38-35-33-31-29-26-23-20-17-14-11-8-5-2/h16,18-19,21,25,27-28,32,34,37,63H,4-15,17,20,22-24,26,29-31,33,35-36,38-62H2,1-3H3/b19-16-,21-18-,28-25-,34-32-,37-27-. The van der Waals surface area contributed by atoms with E-state index in [-0.39, 0.29) is 25.2 Å². The first-order valence-electron chi connectivity index (χ1n) is 30.8. The van der Waals surface area contributed by atoms with E-state index in [1.807, 2.05) is 0 Å². The van der Waals surface area contributed by atoms with Crippen LogP contribution in [0.25, 0.3) is 0 Å². The Morgan fingerprint density at radius 3 is 0.986 bits per heavy atom. The summed E-state index contributed by atoms with van der Waals surface area (Å²) in [5, 5.41) is 0. The monoisotopic (exact) mass is 979 g/mol. The second-order valence-electron chi connectivity index (χ2n) is 20.6. The summed E-state index contributed by atoms with van der Waals surface area (Å²) in [6.07, 6.45) is 78.2. The molecule has 0 rings (SSSR count). The lowest BCUT2D eigenvalue weighted by molar-refractivity contribution is -0.163. The molecule has 0 aromatic heterocycles. The maximum atomic E-state index is 12.9. The van der Waals surface area contributed by atoms with Gasteiger partial charge in [0.05, 0.1) is 6.61 Å². The number of hydrogen-bond acceptors (Lipinski definition) is 5. The molecule has 0 aromatic rings. The van der Waals surface area contributed by atoms with Gasteiger partial charge in [-0.3, -0.25) is 9.59 Å². The van der Waals surface area contributed by atoms with Crippen LogP contribution in [-0.2, 0) is 23.8 Å². The van der Waals surface area contributed by atoms with Crippen molar-refractivity contribution in [2.24, 2.45) is 0 Å². The Balaban J connectivity index is 4.27. The van der Waals surface area contributed by atoms with Crippen molar-refractivity contribution in [3.05, 3.63) is 60.8 Å². The van der Waals surface area contributed by atoms with Crippen molar-refractivity contribution in [1.82, 2.24) is 0 Å². The van der Waals surface area contributed by atoms with Crippen molar-refractivity contribution in [3.8, 4) is 0 Å². The first-order chi connectivity index (χ1) is 34.6. The second-order valence-corrected chi connectivity index (χ2v) is 20.6. The molecule has 5 heteroatoms. The maximum Gasteiger partial charge on any atom is 0.306 e. The molecule has 0 aliphatic heterocycles. The van der Waals surface area contributed by atoms with E-state index in [1.165, 1.54) is 212 Å². The van der Waals surface area contributed by atoms with Gasteiger partial charge in [0, 0.05) is 19.4 Å². The average Bonchev–Trinajstić information content (AvgIpc) is 3.36. The minimum absolute atomic E-state index is 0.0780. The Bertz CT molecular complexity index is 1200. The molecule has 0 N–H and O–H groups in total. The fourth-order valence-electron chi connectivity index (χ4n) is 8.90. The molecule has 0 aliphatic carbocycles. The van der Waals surface area contributed by atoms with E-state index in [1.54, 1.807) is 0 Å². The number of rotatable bonds is 57. The molecule has 0 amide bonds. The smallest absolute Gasteiger partial charge is 0.306 e. The van der Waals surface area contributed by atoms with Crippen molar-refractivity contribution < 1.29 is 23.8 Å². The topological polar surface area (TPSA) is 61.8 Å². The van der Waals surface area contributed by atoms with Gasteiger partial charge in [0.15, 0.2) is 6.10 Å². The Labute approximate surface area is 436 Å². The van der Waals surface area contributed by atoms with E-state index in [4.69, 9.17) is 14.2 Å². The number of esters is 2. The SMILES string of the molecule is CCCCC/C=C\C/C=C\C/C=C\CCCCCCCCCOCC(COC(=O)CCCCCCCCCCCCCCCCCCCCC)OC(=O)CCCCCCC/C=C\C/C=C\CCCCC. The minimum Gasteiger partial charge on any atom is -0.462 e. The van der Waals surface area contributed by atoms with Gasteiger partial charge in [-0.25, -0.2) is 0 Å². The first kappa shape index (κ1) is 67.6. The fourth-order valence-corrected chi connectivity index (χ4v) is 8.90. The van der Waals surface area contributed by atoms with Gasteiger partial charge < -0.3 is 14.2 Å². The van der Waals surface area contributed by atoms with Crippen LogP contribution in [0.5, 0.6) is 0 Å². The molecule has 408 valence electrons.